The summed E-state index contributed by atoms with van der Waals surface area (Å²) in [5.74, 6) is 0. The van der Waals surface area contributed by atoms with Crippen LogP contribution in [0.15, 0.2) is 48.0 Å². The van der Waals surface area contributed by atoms with Crippen LogP contribution in [0.2, 0.25) is 0 Å². The molecule has 3 heteroatoms. The van der Waals surface area contributed by atoms with Crippen molar-refractivity contribution in [3.8, 4) is 11.1 Å². The molecule has 1 nitrogen and oxygen atoms in total. The van der Waals surface area contributed by atoms with Crippen LogP contribution in [-0.4, -0.2) is 9.55 Å². The zero-order valence-electron chi connectivity index (χ0n) is 11.5. The van der Waals surface area contributed by atoms with Crippen LogP contribution < -0.4 is 5.73 Å². The molecule has 0 amide bonds. The van der Waals surface area contributed by atoms with Gasteiger partial charge in [0.2, 0.25) is 0 Å². The van der Waals surface area contributed by atoms with Crippen molar-refractivity contribution in [1.82, 2.24) is 0 Å². The molecule has 1 aliphatic carbocycles. The predicted molar refractivity (Wildman–Crippen MR) is 88.7 cm³/mol. The first-order chi connectivity index (χ1) is 9.78. The van der Waals surface area contributed by atoms with Crippen molar-refractivity contribution >= 4 is 26.7 Å². The number of allylic oxidation sites excluding steroid dienone is 1. The molecule has 0 spiro atoms. The first kappa shape index (κ1) is 15.0. The van der Waals surface area contributed by atoms with E-state index in [2.05, 4.69) is 76.1 Å². The van der Waals surface area contributed by atoms with Gasteiger partial charge < -0.3 is 5.73 Å². The van der Waals surface area contributed by atoms with E-state index in [0.717, 1.165) is 6.42 Å². The number of nitrogens with two attached hydrogens (primary N) is 1. The molecule has 1 aliphatic rings. The van der Waals surface area contributed by atoms with Crippen LogP contribution in [-0.2, 0) is 13.0 Å². The van der Waals surface area contributed by atoms with Crippen LogP contribution >= 0.6 is 11.1 Å². The van der Waals surface area contributed by atoms with E-state index in [1.807, 2.05) is 0 Å². The Morgan fingerprint density at radius 3 is 2.65 bits per heavy atom. The van der Waals surface area contributed by atoms with E-state index in [0.29, 0.717) is 6.54 Å². The Labute approximate surface area is 128 Å². The molecule has 0 bridgehead atoms. The van der Waals surface area contributed by atoms with Gasteiger partial charge in [-0.1, -0.05) is 48.0 Å². The maximum Gasteiger partial charge on any atom is 0.174 e. The van der Waals surface area contributed by atoms with Crippen molar-refractivity contribution in [3.05, 3.63) is 64.7 Å². The first-order valence-electron chi connectivity index (χ1n) is 6.55. The van der Waals surface area contributed by atoms with Crippen molar-refractivity contribution in [1.29, 1.82) is 0 Å². The van der Waals surface area contributed by atoms with E-state index in [-0.39, 0.29) is 0 Å². The average Bonchev–Trinajstić information content (AvgIpc) is 2.89. The van der Waals surface area contributed by atoms with Gasteiger partial charge in [0, 0.05) is 6.54 Å². The summed E-state index contributed by atoms with van der Waals surface area (Å²) in [7, 11) is 2.44. The fourth-order valence-corrected chi connectivity index (χ4v) is 2.67. The molecule has 20 heavy (non-hydrogen) atoms. The third kappa shape index (κ3) is 3.03. The van der Waals surface area contributed by atoms with Gasteiger partial charge in [0.25, 0.3) is 0 Å². The molecule has 0 saturated heterocycles. The van der Waals surface area contributed by atoms with Crippen molar-refractivity contribution in [2.24, 2.45) is 5.73 Å². The maximum absolute atomic E-state index is 5.72. The number of rotatable bonds is 2. The fraction of sp³-hybridized carbons (Fsp3) is 0.176. The highest BCUT2D eigenvalue weighted by atomic mass is 35.6. The van der Waals surface area contributed by atoms with Gasteiger partial charge in [0.1, 0.15) is 0 Å². The molecule has 3 rings (SSSR count). The maximum atomic E-state index is 5.72. The Bertz CT molecular complexity index is 635. The molecule has 0 aromatic heterocycles. The Hall–Kier alpha value is -1.35. The van der Waals surface area contributed by atoms with Gasteiger partial charge in [-0.2, -0.15) is 11.1 Å². The van der Waals surface area contributed by atoms with Gasteiger partial charge >= 0.3 is 0 Å². The van der Waals surface area contributed by atoms with E-state index >= 15 is 0 Å². The van der Waals surface area contributed by atoms with E-state index < -0.39 is 0 Å². The lowest BCUT2D eigenvalue weighted by molar-refractivity contribution is 1.07. The highest BCUT2D eigenvalue weighted by Crippen LogP contribution is 2.33. The smallest absolute Gasteiger partial charge is 0.174 e. The van der Waals surface area contributed by atoms with E-state index in [9.17, 15) is 0 Å². The molecule has 0 aliphatic heterocycles. The zero-order chi connectivity index (χ0) is 14.5. The SMILES string of the molecule is CC1=Cc2cccc(-c3cccc(CN)c3)c2C1.[Si]Cl. The highest BCUT2D eigenvalue weighted by molar-refractivity contribution is 6.80. The number of halogens is 1. The molecule has 0 saturated carbocycles. The van der Waals surface area contributed by atoms with Gasteiger partial charge in [0.05, 0.1) is 0 Å². The molecule has 0 heterocycles. The zero-order valence-corrected chi connectivity index (χ0v) is 13.2. The Morgan fingerprint density at radius 2 is 1.90 bits per heavy atom. The predicted octanol–water partition coefficient (Wildman–Crippen LogP) is 4.08. The van der Waals surface area contributed by atoms with Gasteiger partial charge in [-0.25, -0.2) is 0 Å². The summed E-state index contributed by atoms with van der Waals surface area (Å²) in [5.41, 5.74) is 13.8. The summed E-state index contributed by atoms with van der Waals surface area (Å²) < 4.78 is 0. The third-order valence-corrected chi connectivity index (χ3v) is 3.54. The largest absolute Gasteiger partial charge is 0.326 e. The molecule has 2 N–H and O–H groups in total. The number of fused-ring (bicyclic) bond motifs is 1. The fourth-order valence-electron chi connectivity index (χ4n) is 2.67. The minimum absolute atomic E-state index is 0.597. The topological polar surface area (TPSA) is 26.0 Å². The number of benzene rings is 2. The summed E-state index contributed by atoms with van der Waals surface area (Å²) >= 11 is 4.44. The Balaban J connectivity index is 0.000000704. The van der Waals surface area contributed by atoms with Crippen LogP contribution in [0.25, 0.3) is 17.2 Å². The average molecular weight is 299 g/mol. The van der Waals surface area contributed by atoms with Crippen LogP contribution in [0, 0.1) is 0 Å². The van der Waals surface area contributed by atoms with E-state index in [1.165, 1.54) is 33.4 Å². The van der Waals surface area contributed by atoms with Crippen LogP contribution in [0.5, 0.6) is 0 Å². The summed E-state index contributed by atoms with van der Waals surface area (Å²) in [6.45, 7) is 2.79. The molecular weight excluding hydrogens is 282 g/mol. The van der Waals surface area contributed by atoms with Crippen molar-refractivity contribution < 1.29 is 0 Å². The minimum Gasteiger partial charge on any atom is -0.326 e. The van der Waals surface area contributed by atoms with Gasteiger partial charge in [0.15, 0.2) is 9.55 Å². The van der Waals surface area contributed by atoms with E-state index in [4.69, 9.17) is 5.73 Å². The second-order valence-corrected chi connectivity index (χ2v) is 4.95. The standard InChI is InChI=1S/C17H17N.ClSi/c1-12-8-14-6-3-7-16(17(14)9-12)15-5-2-4-13(10-15)11-18;1-2/h2-8,10H,9,11,18H2,1H3;. The molecular formula is C17H17ClNSi. The summed E-state index contributed by atoms with van der Waals surface area (Å²) in [6, 6.07) is 15.1. The summed E-state index contributed by atoms with van der Waals surface area (Å²) in [5, 5.41) is 0. The van der Waals surface area contributed by atoms with Crippen LogP contribution in [0.4, 0.5) is 0 Å². The lowest BCUT2D eigenvalue weighted by Gasteiger charge is -2.10. The Kier molecular flexibility index (Phi) is 5.18. The molecule has 0 atom stereocenters. The van der Waals surface area contributed by atoms with Gasteiger partial charge in [-0.15, -0.1) is 0 Å². The first-order valence-corrected chi connectivity index (χ1v) is 8.06. The van der Waals surface area contributed by atoms with Gasteiger partial charge in [-0.3, -0.25) is 0 Å². The van der Waals surface area contributed by atoms with Gasteiger partial charge in [-0.05, 0) is 47.2 Å². The molecule has 2 aromatic carbocycles. The number of hydrogen-bond donors (Lipinski definition) is 1. The highest BCUT2D eigenvalue weighted by Gasteiger charge is 2.14. The van der Waals surface area contributed by atoms with E-state index in [1.54, 1.807) is 0 Å². The lowest BCUT2D eigenvalue weighted by Crippen LogP contribution is -1.96. The molecule has 0 fully saturated rings. The molecule has 3 radical (unpaired) electrons. The minimum atomic E-state index is 0.597. The molecule has 2 aromatic rings. The quantitative estimate of drug-likeness (QED) is 0.656. The Morgan fingerprint density at radius 1 is 1.15 bits per heavy atom. The molecule has 0 unspecified atom stereocenters. The monoisotopic (exact) mass is 298 g/mol. The van der Waals surface area contributed by atoms with Crippen molar-refractivity contribution in [2.75, 3.05) is 0 Å². The third-order valence-electron chi connectivity index (χ3n) is 3.54. The second-order valence-electron chi connectivity index (χ2n) is 4.95. The second kappa shape index (κ2) is 6.89. The lowest BCUT2D eigenvalue weighted by atomic mass is 9.95. The summed E-state index contributed by atoms with van der Waals surface area (Å²) in [6.07, 6.45) is 3.35. The van der Waals surface area contributed by atoms with Crippen LogP contribution in [0.3, 0.4) is 0 Å². The van der Waals surface area contributed by atoms with Crippen LogP contribution in [0.1, 0.15) is 23.6 Å². The summed E-state index contributed by atoms with van der Waals surface area (Å²) in [4.78, 5) is 0. The number of hydrogen-bond acceptors (Lipinski definition) is 1. The van der Waals surface area contributed by atoms with Crippen molar-refractivity contribution in [2.45, 2.75) is 19.9 Å². The molecule has 101 valence electrons. The van der Waals surface area contributed by atoms with Crippen molar-refractivity contribution in [3.63, 3.8) is 0 Å². The normalized spacial score (nSPS) is 12.3.